The summed E-state index contributed by atoms with van der Waals surface area (Å²) in [5.41, 5.74) is 1.37. The van der Waals surface area contributed by atoms with Crippen molar-refractivity contribution in [1.29, 1.82) is 0 Å². The van der Waals surface area contributed by atoms with Crippen molar-refractivity contribution in [1.82, 2.24) is 14.8 Å². The van der Waals surface area contributed by atoms with Crippen molar-refractivity contribution in [2.24, 2.45) is 7.05 Å². The fraction of sp³-hybridized carbons (Fsp3) is 0.111. The lowest BCUT2D eigenvalue weighted by Crippen LogP contribution is -2.26. The maximum absolute atomic E-state index is 13.5. The van der Waals surface area contributed by atoms with Gasteiger partial charge in [-0.2, -0.15) is 5.10 Å². The van der Waals surface area contributed by atoms with Gasteiger partial charge in [0.05, 0.1) is 21.1 Å². The van der Waals surface area contributed by atoms with Crippen LogP contribution in [-0.2, 0) is 7.05 Å². The van der Waals surface area contributed by atoms with E-state index in [0.29, 0.717) is 10.6 Å². The van der Waals surface area contributed by atoms with E-state index in [2.05, 4.69) is 15.4 Å². The Labute approximate surface area is 150 Å². The second-order valence-corrected chi connectivity index (χ2v) is 6.94. The minimum absolute atomic E-state index is 0.104. The molecule has 2 heterocycles. The average Bonchev–Trinajstić information content (AvgIpc) is 2.99. The SMILES string of the molecule is Cc1ccc2nc(NC(=O)c3nn(C)c4ccc(F)cc4c3=O)sc2c1. The van der Waals surface area contributed by atoms with E-state index >= 15 is 0 Å². The number of carbonyl (C=O) groups is 1. The van der Waals surface area contributed by atoms with Crippen molar-refractivity contribution in [3.8, 4) is 0 Å². The Morgan fingerprint density at radius 3 is 2.85 bits per heavy atom. The van der Waals surface area contributed by atoms with Crippen LogP contribution in [0.2, 0.25) is 0 Å². The van der Waals surface area contributed by atoms with Crippen LogP contribution in [0.3, 0.4) is 0 Å². The first kappa shape index (κ1) is 16.3. The van der Waals surface area contributed by atoms with Crippen molar-refractivity contribution in [3.05, 3.63) is 63.7 Å². The summed E-state index contributed by atoms with van der Waals surface area (Å²) in [6.07, 6.45) is 0. The van der Waals surface area contributed by atoms with Gasteiger partial charge >= 0.3 is 0 Å². The van der Waals surface area contributed by atoms with E-state index in [9.17, 15) is 14.0 Å². The summed E-state index contributed by atoms with van der Waals surface area (Å²) >= 11 is 1.31. The lowest BCUT2D eigenvalue weighted by Gasteiger charge is -2.07. The molecule has 0 atom stereocenters. The first-order chi connectivity index (χ1) is 12.4. The lowest BCUT2D eigenvalue weighted by atomic mass is 10.2. The van der Waals surface area contributed by atoms with E-state index < -0.39 is 17.2 Å². The molecular formula is C18H13FN4O2S. The van der Waals surface area contributed by atoms with Crippen molar-refractivity contribution < 1.29 is 9.18 Å². The van der Waals surface area contributed by atoms with Crippen molar-refractivity contribution >= 4 is 43.5 Å². The van der Waals surface area contributed by atoms with E-state index in [1.807, 2.05) is 25.1 Å². The van der Waals surface area contributed by atoms with Crippen LogP contribution in [0.25, 0.3) is 21.1 Å². The monoisotopic (exact) mass is 368 g/mol. The van der Waals surface area contributed by atoms with Crippen LogP contribution in [0.4, 0.5) is 9.52 Å². The molecule has 1 N–H and O–H groups in total. The number of carbonyl (C=O) groups excluding carboxylic acids is 1. The van der Waals surface area contributed by atoms with Crippen LogP contribution in [0.5, 0.6) is 0 Å². The van der Waals surface area contributed by atoms with Crippen LogP contribution < -0.4 is 10.7 Å². The number of hydrogen-bond acceptors (Lipinski definition) is 5. The van der Waals surface area contributed by atoms with Crippen LogP contribution in [-0.4, -0.2) is 20.7 Å². The zero-order chi connectivity index (χ0) is 18.4. The quantitative estimate of drug-likeness (QED) is 0.589. The first-order valence-electron chi connectivity index (χ1n) is 7.77. The molecule has 0 aliphatic rings. The third-order valence-electron chi connectivity index (χ3n) is 4.00. The van der Waals surface area contributed by atoms with Gasteiger partial charge in [0.1, 0.15) is 5.82 Å². The number of benzene rings is 2. The molecule has 6 nitrogen and oxygen atoms in total. The molecule has 26 heavy (non-hydrogen) atoms. The Hall–Kier alpha value is -3.13. The minimum atomic E-state index is -0.674. The Balaban J connectivity index is 1.75. The molecule has 2 aromatic carbocycles. The summed E-state index contributed by atoms with van der Waals surface area (Å²) in [6.45, 7) is 1.97. The number of aryl methyl sites for hydroxylation is 2. The number of nitrogens with zero attached hydrogens (tertiary/aromatic N) is 3. The van der Waals surface area contributed by atoms with E-state index in [4.69, 9.17) is 0 Å². The van der Waals surface area contributed by atoms with Gasteiger partial charge < -0.3 is 0 Å². The predicted octanol–water partition coefficient (Wildman–Crippen LogP) is 3.24. The van der Waals surface area contributed by atoms with E-state index in [-0.39, 0.29) is 11.1 Å². The van der Waals surface area contributed by atoms with Crippen LogP contribution >= 0.6 is 11.3 Å². The van der Waals surface area contributed by atoms with Gasteiger partial charge in [0, 0.05) is 7.05 Å². The van der Waals surface area contributed by atoms with Gasteiger partial charge in [-0.3, -0.25) is 19.6 Å². The third-order valence-corrected chi connectivity index (χ3v) is 4.93. The number of aromatic nitrogens is 3. The molecular weight excluding hydrogens is 355 g/mol. The number of amides is 1. The molecule has 2 aromatic heterocycles. The van der Waals surface area contributed by atoms with Gasteiger partial charge in [0.15, 0.2) is 10.8 Å². The summed E-state index contributed by atoms with van der Waals surface area (Å²) in [4.78, 5) is 29.4. The van der Waals surface area contributed by atoms with Crippen molar-refractivity contribution in [2.75, 3.05) is 5.32 Å². The predicted molar refractivity (Wildman–Crippen MR) is 99.3 cm³/mol. The highest BCUT2D eigenvalue weighted by Gasteiger charge is 2.18. The van der Waals surface area contributed by atoms with Crippen molar-refractivity contribution in [3.63, 3.8) is 0 Å². The molecule has 0 aliphatic carbocycles. The highest BCUT2D eigenvalue weighted by atomic mass is 32.1. The number of thiazole rings is 1. The molecule has 4 rings (SSSR count). The molecule has 0 fully saturated rings. The topological polar surface area (TPSA) is 76.9 Å². The summed E-state index contributed by atoms with van der Waals surface area (Å²) in [5, 5.41) is 7.13. The molecule has 1 amide bonds. The minimum Gasteiger partial charge on any atom is -0.296 e. The normalized spacial score (nSPS) is 11.2. The first-order valence-corrected chi connectivity index (χ1v) is 8.59. The van der Waals surface area contributed by atoms with Gasteiger partial charge in [0.25, 0.3) is 5.91 Å². The molecule has 0 unspecified atom stereocenters. The Kier molecular flexibility index (Phi) is 3.77. The maximum Gasteiger partial charge on any atom is 0.281 e. The van der Waals surface area contributed by atoms with Crippen molar-refractivity contribution in [2.45, 2.75) is 6.92 Å². The lowest BCUT2D eigenvalue weighted by molar-refractivity contribution is 0.101. The van der Waals surface area contributed by atoms with E-state index in [0.717, 1.165) is 21.8 Å². The Morgan fingerprint density at radius 2 is 2.04 bits per heavy atom. The van der Waals surface area contributed by atoms with Crippen LogP contribution in [0, 0.1) is 12.7 Å². The maximum atomic E-state index is 13.5. The van der Waals surface area contributed by atoms with Crippen LogP contribution in [0.15, 0.2) is 41.2 Å². The summed E-state index contributed by atoms with van der Waals surface area (Å²) in [7, 11) is 1.59. The number of rotatable bonds is 2. The summed E-state index contributed by atoms with van der Waals surface area (Å²) < 4.78 is 15.8. The van der Waals surface area contributed by atoms with Gasteiger partial charge in [0.2, 0.25) is 5.43 Å². The Morgan fingerprint density at radius 1 is 1.23 bits per heavy atom. The molecule has 4 aromatic rings. The highest BCUT2D eigenvalue weighted by molar-refractivity contribution is 7.22. The molecule has 0 aliphatic heterocycles. The number of hydrogen-bond donors (Lipinski definition) is 1. The van der Waals surface area contributed by atoms with E-state index in [1.54, 1.807) is 7.05 Å². The standard InChI is InChI=1S/C18H13FN4O2S/c1-9-3-5-12-14(7-9)26-18(20-12)21-17(25)15-16(24)11-8-10(19)4-6-13(11)23(2)22-15/h3-8H,1-2H3,(H,20,21,25). The largest absolute Gasteiger partial charge is 0.296 e. The molecule has 0 saturated heterocycles. The molecule has 8 heteroatoms. The molecule has 130 valence electrons. The smallest absolute Gasteiger partial charge is 0.281 e. The highest BCUT2D eigenvalue weighted by Crippen LogP contribution is 2.26. The van der Waals surface area contributed by atoms with Crippen LogP contribution in [0.1, 0.15) is 16.1 Å². The Bertz CT molecular complexity index is 1250. The van der Waals surface area contributed by atoms with Gasteiger partial charge in [-0.05, 0) is 42.8 Å². The average molecular weight is 368 g/mol. The molecule has 0 bridgehead atoms. The number of nitrogens with one attached hydrogen (secondary N) is 1. The molecule has 0 radical (unpaired) electrons. The molecule has 0 spiro atoms. The second-order valence-electron chi connectivity index (χ2n) is 5.91. The zero-order valence-corrected chi connectivity index (χ0v) is 14.7. The van der Waals surface area contributed by atoms with Gasteiger partial charge in [-0.15, -0.1) is 0 Å². The fourth-order valence-electron chi connectivity index (χ4n) is 2.74. The second kappa shape index (κ2) is 5.99. The third kappa shape index (κ3) is 2.74. The number of anilines is 1. The molecule has 0 saturated carbocycles. The van der Waals surface area contributed by atoms with Gasteiger partial charge in [-0.25, -0.2) is 9.37 Å². The zero-order valence-electron chi connectivity index (χ0n) is 13.9. The summed E-state index contributed by atoms with van der Waals surface area (Å²) in [6, 6.07) is 9.58. The number of halogens is 1. The fourth-order valence-corrected chi connectivity index (χ4v) is 3.70. The summed E-state index contributed by atoms with van der Waals surface area (Å²) in [5.74, 6) is -1.22. The number of fused-ring (bicyclic) bond motifs is 2. The van der Waals surface area contributed by atoms with E-state index in [1.165, 1.54) is 28.2 Å². The van der Waals surface area contributed by atoms with Gasteiger partial charge in [-0.1, -0.05) is 17.4 Å².